The number of carbonyl (C=O) groups is 1. The molecule has 3 rings (SSSR count). The molecule has 1 aromatic heterocycles. The Hall–Kier alpha value is -2.89. The molecule has 0 radical (unpaired) electrons. The number of hydrogen-bond donors (Lipinski definition) is 2. The van der Waals surface area contributed by atoms with E-state index in [0.29, 0.717) is 22.5 Å². The van der Waals surface area contributed by atoms with Crippen LogP contribution in [0.4, 0.5) is 0 Å². The summed E-state index contributed by atoms with van der Waals surface area (Å²) in [5.41, 5.74) is 7.34. The summed E-state index contributed by atoms with van der Waals surface area (Å²) in [6.45, 7) is 0.361. The van der Waals surface area contributed by atoms with Crippen molar-refractivity contribution in [3.63, 3.8) is 0 Å². The van der Waals surface area contributed by atoms with Crippen LogP contribution in [0.5, 0.6) is 0 Å². The fraction of sp³-hybridized carbons (Fsp3) is 0.100. The third-order valence-electron chi connectivity index (χ3n) is 4.05. The molecule has 0 saturated heterocycles. The number of hydrogen-bond acceptors (Lipinski definition) is 3. The van der Waals surface area contributed by atoms with Crippen molar-refractivity contribution in [2.45, 2.75) is 6.54 Å². The number of halogens is 1. The van der Waals surface area contributed by atoms with Crippen molar-refractivity contribution in [3.8, 4) is 0 Å². The Balaban J connectivity index is 2.19. The minimum Gasteiger partial charge on any atom is -0.392 e. The number of rotatable bonds is 5. The van der Waals surface area contributed by atoms with Crippen molar-refractivity contribution >= 4 is 34.5 Å². The van der Waals surface area contributed by atoms with Crippen LogP contribution in [-0.2, 0) is 6.54 Å². The average Bonchev–Trinajstić information content (AvgIpc) is 2.63. The first kappa shape index (κ1) is 17.9. The van der Waals surface area contributed by atoms with Gasteiger partial charge in [-0.3, -0.25) is 9.59 Å². The van der Waals surface area contributed by atoms with E-state index in [-0.39, 0.29) is 12.2 Å². The van der Waals surface area contributed by atoms with Gasteiger partial charge in [0, 0.05) is 23.2 Å². The van der Waals surface area contributed by atoms with Crippen molar-refractivity contribution in [1.82, 2.24) is 4.57 Å². The number of aliphatic hydroxyl groups is 1. The fourth-order valence-electron chi connectivity index (χ4n) is 2.80. The maximum Gasteiger partial charge on any atom is 0.254 e. The molecule has 1 heterocycles. The number of amides is 1. The number of fused-ring (bicyclic) bond motifs is 1. The molecule has 0 aliphatic carbocycles. The van der Waals surface area contributed by atoms with Gasteiger partial charge in [-0.1, -0.05) is 42.0 Å². The third kappa shape index (κ3) is 3.69. The highest BCUT2D eigenvalue weighted by Gasteiger charge is 2.13. The van der Waals surface area contributed by atoms with E-state index < -0.39 is 11.3 Å². The fourth-order valence-corrected chi connectivity index (χ4v) is 2.93. The van der Waals surface area contributed by atoms with Crippen molar-refractivity contribution in [3.05, 3.63) is 86.7 Å². The second-order valence-corrected chi connectivity index (χ2v) is 6.29. The lowest BCUT2D eigenvalue weighted by molar-refractivity contribution is 0.0999. The Bertz CT molecular complexity index is 1050. The van der Waals surface area contributed by atoms with Crippen LogP contribution < -0.4 is 11.2 Å². The Morgan fingerprint density at radius 2 is 1.92 bits per heavy atom. The van der Waals surface area contributed by atoms with Gasteiger partial charge < -0.3 is 15.4 Å². The number of aromatic nitrogens is 1. The van der Waals surface area contributed by atoms with Crippen LogP contribution in [0.1, 0.15) is 21.5 Å². The zero-order valence-corrected chi connectivity index (χ0v) is 14.6. The monoisotopic (exact) mass is 368 g/mol. The van der Waals surface area contributed by atoms with Gasteiger partial charge in [0.15, 0.2) is 0 Å². The third-order valence-corrected chi connectivity index (χ3v) is 4.30. The predicted octanol–water partition coefficient (Wildman–Crippen LogP) is 2.81. The highest BCUT2D eigenvalue weighted by Crippen LogP contribution is 2.18. The van der Waals surface area contributed by atoms with Gasteiger partial charge in [-0.15, -0.1) is 0 Å². The minimum atomic E-state index is -0.766. The first-order valence-corrected chi connectivity index (χ1v) is 8.36. The summed E-state index contributed by atoms with van der Waals surface area (Å²) in [6.07, 6.45) is 4.77. The van der Waals surface area contributed by atoms with Crippen molar-refractivity contribution in [2.75, 3.05) is 6.61 Å². The van der Waals surface area contributed by atoms with Crippen LogP contribution in [0, 0.1) is 0 Å². The molecule has 0 fully saturated rings. The lowest BCUT2D eigenvalue weighted by atomic mass is 10.1. The molecule has 2 aromatic carbocycles. The highest BCUT2D eigenvalue weighted by atomic mass is 35.5. The van der Waals surface area contributed by atoms with Crippen LogP contribution in [0.3, 0.4) is 0 Å². The van der Waals surface area contributed by atoms with Gasteiger partial charge in [-0.25, -0.2) is 0 Å². The van der Waals surface area contributed by atoms with Gasteiger partial charge in [0.25, 0.3) is 5.91 Å². The van der Waals surface area contributed by atoms with Crippen LogP contribution in [-0.4, -0.2) is 22.2 Å². The molecule has 0 unspecified atom stereocenters. The number of aliphatic hydroxyl groups excluding tert-OH is 1. The molecular weight excluding hydrogens is 352 g/mol. The maximum atomic E-state index is 12.6. The molecular formula is C20H17ClN2O3. The van der Waals surface area contributed by atoms with Crippen LogP contribution in [0.2, 0.25) is 5.02 Å². The zero-order valence-electron chi connectivity index (χ0n) is 13.9. The van der Waals surface area contributed by atoms with E-state index in [0.717, 1.165) is 11.1 Å². The number of benzene rings is 2. The molecule has 1 amide bonds. The van der Waals surface area contributed by atoms with Crippen LogP contribution in [0.15, 0.2) is 59.5 Å². The lowest BCUT2D eigenvalue weighted by Crippen LogP contribution is -2.24. The van der Waals surface area contributed by atoms with Gasteiger partial charge in [-0.2, -0.15) is 0 Å². The van der Waals surface area contributed by atoms with E-state index in [9.17, 15) is 9.59 Å². The Labute approximate surface area is 154 Å². The summed E-state index contributed by atoms with van der Waals surface area (Å²) >= 11 is 5.92. The maximum absolute atomic E-state index is 12.6. The number of nitrogens with zero attached hydrogens (tertiary/aromatic N) is 1. The number of carbonyl (C=O) groups excluding carboxylic acids is 1. The Morgan fingerprint density at radius 3 is 2.58 bits per heavy atom. The van der Waals surface area contributed by atoms with Gasteiger partial charge in [0.1, 0.15) is 5.56 Å². The van der Waals surface area contributed by atoms with E-state index in [2.05, 4.69) is 0 Å². The largest absolute Gasteiger partial charge is 0.392 e. The van der Waals surface area contributed by atoms with Gasteiger partial charge in [0.05, 0.1) is 12.1 Å². The van der Waals surface area contributed by atoms with Gasteiger partial charge in [-0.05, 0) is 35.4 Å². The molecule has 0 bridgehead atoms. The van der Waals surface area contributed by atoms with Gasteiger partial charge in [0.2, 0.25) is 5.43 Å². The second-order valence-electron chi connectivity index (χ2n) is 5.85. The standard InChI is InChI=1S/C20H17ClN2O3/c21-15-6-3-14(4-7-15)11-23-12-17(20(22)26)19(25)16-10-13(2-1-9-24)5-8-18(16)23/h1-8,10,12,24H,9,11H2,(H2,22,26). The molecule has 3 N–H and O–H groups in total. The molecule has 132 valence electrons. The molecule has 0 saturated carbocycles. The van der Waals surface area contributed by atoms with E-state index in [1.54, 1.807) is 30.4 Å². The quantitative estimate of drug-likeness (QED) is 0.726. The highest BCUT2D eigenvalue weighted by molar-refractivity contribution is 6.30. The molecule has 0 aliphatic heterocycles. The van der Waals surface area contributed by atoms with Crippen molar-refractivity contribution in [2.24, 2.45) is 5.73 Å². The number of pyridine rings is 1. The Kier molecular flexibility index (Phi) is 5.21. The molecule has 3 aromatic rings. The second kappa shape index (κ2) is 7.56. The molecule has 0 spiro atoms. The first-order valence-electron chi connectivity index (χ1n) is 7.98. The van der Waals surface area contributed by atoms with E-state index in [4.69, 9.17) is 22.4 Å². The van der Waals surface area contributed by atoms with Gasteiger partial charge >= 0.3 is 0 Å². The summed E-state index contributed by atoms with van der Waals surface area (Å²) in [5.74, 6) is -0.766. The SMILES string of the molecule is NC(=O)c1cn(Cc2ccc(Cl)cc2)c2ccc(C=CCO)cc2c1=O. The normalized spacial score (nSPS) is 11.3. The zero-order chi connectivity index (χ0) is 18.7. The molecule has 26 heavy (non-hydrogen) atoms. The number of primary amides is 1. The average molecular weight is 369 g/mol. The van der Waals surface area contributed by atoms with Crippen LogP contribution in [0.25, 0.3) is 17.0 Å². The molecule has 0 aliphatic rings. The summed E-state index contributed by atoms with van der Waals surface area (Å²) in [5, 5.41) is 9.95. The smallest absolute Gasteiger partial charge is 0.254 e. The summed E-state index contributed by atoms with van der Waals surface area (Å²) in [6, 6.07) is 12.7. The lowest BCUT2D eigenvalue weighted by Gasteiger charge is -2.13. The van der Waals surface area contributed by atoms with Crippen molar-refractivity contribution < 1.29 is 9.90 Å². The minimum absolute atomic E-state index is 0.0604. The van der Waals surface area contributed by atoms with E-state index in [1.807, 2.05) is 28.8 Å². The summed E-state index contributed by atoms with van der Waals surface area (Å²) in [7, 11) is 0. The van der Waals surface area contributed by atoms with Crippen molar-refractivity contribution in [1.29, 1.82) is 0 Å². The van der Waals surface area contributed by atoms with E-state index >= 15 is 0 Å². The topological polar surface area (TPSA) is 85.3 Å². The summed E-state index contributed by atoms with van der Waals surface area (Å²) in [4.78, 5) is 24.4. The first-order chi connectivity index (χ1) is 12.5. The molecule has 5 nitrogen and oxygen atoms in total. The van der Waals surface area contributed by atoms with Crippen LogP contribution >= 0.6 is 11.6 Å². The number of nitrogens with two attached hydrogens (primary N) is 1. The molecule has 6 heteroatoms. The molecule has 0 atom stereocenters. The Morgan fingerprint density at radius 1 is 1.19 bits per heavy atom. The summed E-state index contributed by atoms with van der Waals surface area (Å²) < 4.78 is 1.82. The predicted molar refractivity (Wildman–Crippen MR) is 103 cm³/mol. The van der Waals surface area contributed by atoms with E-state index in [1.165, 1.54) is 6.20 Å².